The van der Waals surface area contributed by atoms with Crippen LogP contribution in [0.15, 0.2) is 4.42 Å². The van der Waals surface area contributed by atoms with E-state index in [0.717, 1.165) is 12.8 Å². The highest BCUT2D eigenvalue weighted by atomic mass is 16.4. The molecule has 98 valence electrons. The minimum absolute atomic E-state index is 0.0785. The summed E-state index contributed by atoms with van der Waals surface area (Å²) >= 11 is 0. The van der Waals surface area contributed by atoms with Crippen molar-refractivity contribution in [2.24, 2.45) is 0 Å². The fourth-order valence-electron chi connectivity index (χ4n) is 1.66. The lowest BCUT2D eigenvalue weighted by atomic mass is 10.3. The molecule has 1 aliphatic rings. The molecule has 0 aromatic carbocycles. The van der Waals surface area contributed by atoms with Gasteiger partial charge in [0.05, 0.1) is 12.1 Å². The van der Waals surface area contributed by atoms with Crippen LogP contribution in [0, 0.1) is 6.92 Å². The van der Waals surface area contributed by atoms with Gasteiger partial charge < -0.3 is 14.4 Å². The number of carboxylic acid groups (broad SMARTS) is 1. The van der Waals surface area contributed by atoms with E-state index in [9.17, 15) is 9.59 Å². The predicted octanol–water partition coefficient (Wildman–Crippen LogP) is 1.41. The predicted molar refractivity (Wildman–Crippen MR) is 62.4 cm³/mol. The first-order chi connectivity index (χ1) is 8.49. The summed E-state index contributed by atoms with van der Waals surface area (Å²) in [4.78, 5) is 28.1. The molecule has 6 heteroatoms. The van der Waals surface area contributed by atoms with Crippen LogP contribution in [0.5, 0.6) is 0 Å². The van der Waals surface area contributed by atoms with Crippen molar-refractivity contribution in [3.8, 4) is 0 Å². The molecule has 0 spiro atoms. The van der Waals surface area contributed by atoms with Crippen molar-refractivity contribution in [2.75, 3.05) is 13.6 Å². The molecule has 1 N–H and O–H groups in total. The van der Waals surface area contributed by atoms with Crippen molar-refractivity contribution in [2.45, 2.75) is 32.1 Å². The number of rotatable bonds is 5. The van der Waals surface area contributed by atoms with Crippen LogP contribution in [0.4, 0.5) is 0 Å². The average Bonchev–Trinajstić information content (AvgIpc) is 3.09. The molecule has 1 aromatic rings. The van der Waals surface area contributed by atoms with E-state index < -0.39 is 5.97 Å². The molecule has 1 amide bonds. The number of carbonyl (C=O) groups is 2. The third-order valence-corrected chi connectivity index (χ3v) is 2.94. The first-order valence-corrected chi connectivity index (χ1v) is 5.93. The second-order valence-electron chi connectivity index (χ2n) is 4.61. The molecule has 1 aliphatic carbocycles. The Kier molecular flexibility index (Phi) is 3.36. The van der Waals surface area contributed by atoms with E-state index in [1.165, 1.54) is 4.90 Å². The smallest absolute Gasteiger partial charge is 0.305 e. The largest absolute Gasteiger partial charge is 0.481 e. The summed E-state index contributed by atoms with van der Waals surface area (Å²) in [5.41, 5.74) is 0.573. The molecule has 6 nitrogen and oxygen atoms in total. The van der Waals surface area contributed by atoms with Gasteiger partial charge in [-0.15, -0.1) is 0 Å². The Hall–Kier alpha value is -1.85. The fraction of sp³-hybridized carbons (Fsp3) is 0.583. The van der Waals surface area contributed by atoms with E-state index in [1.54, 1.807) is 14.0 Å². The van der Waals surface area contributed by atoms with Gasteiger partial charge in [-0.25, -0.2) is 4.98 Å². The van der Waals surface area contributed by atoms with Gasteiger partial charge in [-0.1, -0.05) is 0 Å². The number of amides is 1. The van der Waals surface area contributed by atoms with Crippen LogP contribution in [0.2, 0.25) is 0 Å². The zero-order valence-corrected chi connectivity index (χ0v) is 10.5. The van der Waals surface area contributed by atoms with E-state index in [-0.39, 0.29) is 24.6 Å². The number of carbonyl (C=O) groups excluding carboxylic acids is 1. The van der Waals surface area contributed by atoms with Crippen LogP contribution in [0.3, 0.4) is 0 Å². The molecule has 0 saturated heterocycles. The molecule has 1 fully saturated rings. The fourth-order valence-corrected chi connectivity index (χ4v) is 1.66. The number of oxazole rings is 1. The average molecular weight is 252 g/mol. The Balaban J connectivity index is 2.05. The minimum Gasteiger partial charge on any atom is -0.481 e. The van der Waals surface area contributed by atoms with Gasteiger partial charge in [-0.3, -0.25) is 9.59 Å². The molecule has 0 aliphatic heterocycles. The topological polar surface area (TPSA) is 83.6 Å². The second-order valence-corrected chi connectivity index (χ2v) is 4.61. The van der Waals surface area contributed by atoms with Crippen LogP contribution in [0.25, 0.3) is 0 Å². The zero-order chi connectivity index (χ0) is 13.3. The SMILES string of the molecule is Cc1nc(C2CC2)oc1C(=O)N(C)CCC(=O)O. The number of aliphatic carboxylic acids is 1. The van der Waals surface area contributed by atoms with Crippen molar-refractivity contribution in [1.82, 2.24) is 9.88 Å². The van der Waals surface area contributed by atoms with Gasteiger partial charge in [-0.2, -0.15) is 0 Å². The van der Waals surface area contributed by atoms with E-state index >= 15 is 0 Å². The maximum Gasteiger partial charge on any atom is 0.305 e. The lowest BCUT2D eigenvalue weighted by molar-refractivity contribution is -0.137. The Labute approximate surface area is 105 Å². The summed E-state index contributed by atoms with van der Waals surface area (Å²) in [6.07, 6.45) is 2.04. The number of carboxylic acids is 1. The standard InChI is InChI=1S/C12H16N2O4/c1-7-10(18-11(13-7)8-3-4-8)12(17)14(2)6-5-9(15)16/h8H,3-6H2,1-2H3,(H,15,16). The molecule has 0 atom stereocenters. The Morgan fingerprint density at radius 1 is 1.50 bits per heavy atom. The van der Waals surface area contributed by atoms with Crippen molar-refractivity contribution >= 4 is 11.9 Å². The lowest BCUT2D eigenvalue weighted by Crippen LogP contribution is -2.29. The second kappa shape index (κ2) is 4.80. The van der Waals surface area contributed by atoms with Crippen LogP contribution >= 0.6 is 0 Å². The molecular weight excluding hydrogens is 236 g/mol. The normalized spacial score (nSPS) is 14.6. The lowest BCUT2D eigenvalue weighted by Gasteiger charge is -2.14. The van der Waals surface area contributed by atoms with Crippen molar-refractivity contribution in [3.63, 3.8) is 0 Å². The van der Waals surface area contributed by atoms with Crippen LogP contribution < -0.4 is 0 Å². The summed E-state index contributed by atoms with van der Waals surface area (Å²) < 4.78 is 5.48. The van der Waals surface area contributed by atoms with Gasteiger partial charge in [0.25, 0.3) is 5.91 Å². The van der Waals surface area contributed by atoms with Gasteiger partial charge in [0.1, 0.15) is 0 Å². The van der Waals surface area contributed by atoms with E-state index in [0.29, 0.717) is 17.5 Å². The molecule has 0 unspecified atom stereocenters. The van der Waals surface area contributed by atoms with Gasteiger partial charge in [0.2, 0.25) is 5.76 Å². The molecule has 0 bridgehead atoms. The zero-order valence-electron chi connectivity index (χ0n) is 10.5. The van der Waals surface area contributed by atoms with Crippen LogP contribution in [-0.2, 0) is 4.79 Å². The molecule has 1 aromatic heterocycles. The maximum absolute atomic E-state index is 12.0. The Bertz CT molecular complexity index is 476. The molecule has 2 rings (SSSR count). The maximum atomic E-state index is 12.0. The van der Waals surface area contributed by atoms with Crippen LogP contribution in [-0.4, -0.2) is 40.5 Å². The van der Waals surface area contributed by atoms with E-state index in [1.807, 2.05) is 0 Å². The van der Waals surface area contributed by atoms with Crippen LogP contribution in [0.1, 0.15) is 47.3 Å². The molecular formula is C12H16N2O4. The van der Waals surface area contributed by atoms with Crippen molar-refractivity contribution < 1.29 is 19.1 Å². The van der Waals surface area contributed by atoms with Gasteiger partial charge in [0, 0.05) is 19.5 Å². The van der Waals surface area contributed by atoms with Gasteiger partial charge in [-0.05, 0) is 19.8 Å². The summed E-state index contributed by atoms with van der Waals surface area (Å²) in [6.45, 7) is 1.89. The number of hydrogen-bond donors (Lipinski definition) is 1. The Morgan fingerprint density at radius 3 is 2.72 bits per heavy atom. The number of nitrogens with zero attached hydrogens (tertiary/aromatic N) is 2. The highest BCUT2D eigenvalue weighted by molar-refractivity contribution is 5.92. The van der Waals surface area contributed by atoms with Gasteiger partial charge >= 0.3 is 5.97 Å². The first kappa shape index (κ1) is 12.6. The third-order valence-electron chi connectivity index (χ3n) is 2.94. The summed E-state index contributed by atoms with van der Waals surface area (Å²) in [7, 11) is 1.56. The third kappa shape index (κ3) is 2.69. The molecule has 0 radical (unpaired) electrons. The highest BCUT2D eigenvalue weighted by Crippen LogP contribution is 2.40. The van der Waals surface area contributed by atoms with Crippen molar-refractivity contribution in [3.05, 3.63) is 17.3 Å². The molecule has 1 saturated carbocycles. The molecule has 18 heavy (non-hydrogen) atoms. The summed E-state index contributed by atoms with van der Waals surface area (Å²) in [5, 5.41) is 8.58. The first-order valence-electron chi connectivity index (χ1n) is 5.93. The quantitative estimate of drug-likeness (QED) is 0.856. The number of aromatic nitrogens is 1. The number of aryl methyl sites for hydroxylation is 1. The van der Waals surface area contributed by atoms with E-state index in [2.05, 4.69) is 4.98 Å². The summed E-state index contributed by atoms with van der Waals surface area (Å²) in [6, 6.07) is 0. The van der Waals surface area contributed by atoms with E-state index in [4.69, 9.17) is 9.52 Å². The minimum atomic E-state index is -0.928. The number of hydrogen-bond acceptors (Lipinski definition) is 4. The Morgan fingerprint density at radius 2 is 2.17 bits per heavy atom. The molecule has 1 heterocycles. The highest BCUT2D eigenvalue weighted by Gasteiger charge is 2.31. The summed E-state index contributed by atoms with van der Waals surface area (Å²) in [5.74, 6) is -0.0300. The van der Waals surface area contributed by atoms with Crippen molar-refractivity contribution in [1.29, 1.82) is 0 Å². The monoisotopic (exact) mass is 252 g/mol. The van der Waals surface area contributed by atoms with Gasteiger partial charge in [0.15, 0.2) is 5.89 Å².